The average Bonchev–Trinajstić information content (AvgIpc) is 3.09. The van der Waals surface area contributed by atoms with Crippen LogP contribution < -0.4 is 10.1 Å². The fourth-order valence-corrected chi connectivity index (χ4v) is 2.83. The summed E-state index contributed by atoms with van der Waals surface area (Å²) in [6.45, 7) is -0.538. The third-order valence-electron chi connectivity index (χ3n) is 4.17. The average molecular weight is 388 g/mol. The number of aromatic amines is 1. The molecule has 2 N–H and O–H groups in total. The molecule has 3 aromatic rings. The number of aromatic nitrogens is 1. The molecular formula is C20H18F2N2O4. The molecule has 2 aromatic carbocycles. The molecule has 1 aromatic heterocycles. The van der Waals surface area contributed by atoms with Gasteiger partial charge in [0, 0.05) is 29.6 Å². The Balaban J connectivity index is 1.66. The molecular weight excluding hydrogens is 370 g/mol. The van der Waals surface area contributed by atoms with Crippen LogP contribution in [0.1, 0.15) is 5.56 Å². The highest BCUT2D eigenvalue weighted by Crippen LogP contribution is 2.20. The summed E-state index contributed by atoms with van der Waals surface area (Å²) in [6.07, 6.45) is 1.96. The van der Waals surface area contributed by atoms with Gasteiger partial charge in [-0.1, -0.05) is 18.2 Å². The fourth-order valence-electron chi connectivity index (χ4n) is 2.83. The number of amides is 1. The predicted molar refractivity (Wildman–Crippen MR) is 97.8 cm³/mol. The summed E-state index contributed by atoms with van der Waals surface area (Å²) in [6, 6.07) is 9.37. The highest BCUT2D eigenvalue weighted by atomic mass is 19.1. The van der Waals surface area contributed by atoms with Crippen molar-refractivity contribution in [1.82, 2.24) is 10.3 Å². The Bertz CT molecular complexity index is 1000. The number of benzene rings is 2. The second-order valence-corrected chi connectivity index (χ2v) is 6.07. The van der Waals surface area contributed by atoms with Crippen LogP contribution in [0, 0.1) is 11.6 Å². The highest BCUT2D eigenvalue weighted by molar-refractivity contribution is 5.87. The number of methoxy groups -OCH3 is 1. The number of para-hydroxylation sites is 1. The molecule has 1 amide bonds. The molecule has 3 rings (SSSR count). The molecule has 8 heteroatoms. The number of rotatable bonds is 7. The molecule has 1 unspecified atom stereocenters. The van der Waals surface area contributed by atoms with Crippen molar-refractivity contribution < 1.29 is 27.8 Å². The Morgan fingerprint density at radius 2 is 1.96 bits per heavy atom. The Morgan fingerprint density at radius 3 is 2.71 bits per heavy atom. The van der Waals surface area contributed by atoms with E-state index in [1.165, 1.54) is 7.11 Å². The number of carbonyl (C=O) groups is 2. The van der Waals surface area contributed by atoms with Crippen LogP contribution in [0.25, 0.3) is 10.9 Å². The maximum Gasteiger partial charge on any atom is 0.328 e. The summed E-state index contributed by atoms with van der Waals surface area (Å²) in [5.41, 5.74) is 1.74. The Labute approximate surface area is 159 Å². The van der Waals surface area contributed by atoms with Crippen LogP contribution in [0.15, 0.2) is 48.7 Å². The normalized spacial score (nSPS) is 11.8. The van der Waals surface area contributed by atoms with Gasteiger partial charge in [0.25, 0.3) is 5.91 Å². The standard InChI is InChI=1S/C20H18F2N2O4/c1-27-20(26)17(8-12-10-23-16-5-3-2-4-14(12)16)24-19(25)11-28-18-7-6-13(21)9-15(18)22/h2-7,9-10,17,23H,8,11H2,1H3,(H,24,25). The van der Waals surface area contributed by atoms with Crippen molar-refractivity contribution in [3.63, 3.8) is 0 Å². The molecule has 0 aliphatic rings. The summed E-state index contributed by atoms with van der Waals surface area (Å²) < 4.78 is 36.3. The Hall–Kier alpha value is -3.42. The molecule has 0 bridgehead atoms. The lowest BCUT2D eigenvalue weighted by molar-refractivity contribution is -0.145. The van der Waals surface area contributed by atoms with E-state index in [0.29, 0.717) is 6.07 Å². The SMILES string of the molecule is COC(=O)C(Cc1c[nH]c2ccccc12)NC(=O)COc1ccc(F)cc1F. The van der Waals surface area contributed by atoms with Gasteiger partial charge in [-0.25, -0.2) is 13.6 Å². The van der Waals surface area contributed by atoms with Crippen LogP contribution in [0.2, 0.25) is 0 Å². The number of halogens is 2. The zero-order valence-electron chi connectivity index (χ0n) is 15.0. The highest BCUT2D eigenvalue weighted by Gasteiger charge is 2.23. The topological polar surface area (TPSA) is 80.4 Å². The van der Waals surface area contributed by atoms with Crippen LogP contribution in [-0.2, 0) is 20.7 Å². The Morgan fingerprint density at radius 1 is 1.18 bits per heavy atom. The van der Waals surface area contributed by atoms with Crippen molar-refractivity contribution >= 4 is 22.8 Å². The van der Waals surface area contributed by atoms with E-state index >= 15 is 0 Å². The number of ether oxygens (including phenoxy) is 2. The summed E-state index contributed by atoms with van der Waals surface area (Å²) in [5.74, 6) is -3.19. The van der Waals surface area contributed by atoms with Crippen LogP contribution in [0.5, 0.6) is 5.75 Å². The van der Waals surface area contributed by atoms with E-state index in [1.54, 1.807) is 6.20 Å². The first kappa shape index (κ1) is 19.3. The first-order chi connectivity index (χ1) is 13.5. The zero-order chi connectivity index (χ0) is 20.1. The maximum atomic E-state index is 13.6. The van der Waals surface area contributed by atoms with Crippen molar-refractivity contribution in [1.29, 1.82) is 0 Å². The van der Waals surface area contributed by atoms with Gasteiger partial charge in [-0.2, -0.15) is 0 Å². The lowest BCUT2D eigenvalue weighted by Crippen LogP contribution is -2.44. The van der Waals surface area contributed by atoms with E-state index in [1.807, 2.05) is 24.3 Å². The van der Waals surface area contributed by atoms with E-state index in [4.69, 9.17) is 9.47 Å². The van der Waals surface area contributed by atoms with Crippen LogP contribution >= 0.6 is 0 Å². The predicted octanol–water partition coefficient (Wildman–Crippen LogP) is 2.73. The van der Waals surface area contributed by atoms with Crippen LogP contribution in [-0.4, -0.2) is 36.6 Å². The van der Waals surface area contributed by atoms with Gasteiger partial charge in [0.1, 0.15) is 11.9 Å². The van der Waals surface area contributed by atoms with Crippen molar-refractivity contribution in [2.75, 3.05) is 13.7 Å². The number of esters is 1. The lowest BCUT2D eigenvalue weighted by Gasteiger charge is -2.16. The van der Waals surface area contributed by atoms with Gasteiger partial charge in [-0.05, 0) is 23.8 Å². The second kappa shape index (κ2) is 8.51. The van der Waals surface area contributed by atoms with Gasteiger partial charge < -0.3 is 19.8 Å². The number of H-pyrrole nitrogens is 1. The number of hydrogen-bond acceptors (Lipinski definition) is 4. The van der Waals surface area contributed by atoms with Gasteiger partial charge in [0.15, 0.2) is 18.2 Å². The largest absolute Gasteiger partial charge is 0.481 e. The summed E-state index contributed by atoms with van der Waals surface area (Å²) in [4.78, 5) is 27.4. The maximum absolute atomic E-state index is 13.6. The quantitative estimate of drug-likeness (QED) is 0.610. The smallest absolute Gasteiger partial charge is 0.328 e. The van der Waals surface area contributed by atoms with Crippen molar-refractivity contribution in [3.05, 3.63) is 65.9 Å². The minimum absolute atomic E-state index is 0.202. The minimum Gasteiger partial charge on any atom is -0.481 e. The van der Waals surface area contributed by atoms with Gasteiger partial charge in [-0.3, -0.25) is 4.79 Å². The van der Waals surface area contributed by atoms with Crippen molar-refractivity contribution in [3.8, 4) is 5.75 Å². The van der Waals surface area contributed by atoms with Gasteiger partial charge >= 0.3 is 5.97 Å². The molecule has 146 valence electrons. The fraction of sp³-hybridized carbons (Fsp3) is 0.200. The number of nitrogens with one attached hydrogen (secondary N) is 2. The van der Waals surface area contributed by atoms with E-state index in [-0.39, 0.29) is 12.2 Å². The van der Waals surface area contributed by atoms with E-state index in [9.17, 15) is 18.4 Å². The second-order valence-electron chi connectivity index (χ2n) is 6.07. The first-order valence-electron chi connectivity index (χ1n) is 8.48. The summed E-state index contributed by atoms with van der Waals surface area (Å²) in [7, 11) is 1.22. The third-order valence-corrected chi connectivity index (χ3v) is 4.17. The number of hydrogen-bond donors (Lipinski definition) is 2. The van der Waals surface area contributed by atoms with Gasteiger partial charge in [0.2, 0.25) is 0 Å². The van der Waals surface area contributed by atoms with Crippen molar-refractivity contribution in [2.24, 2.45) is 0 Å². The molecule has 0 aliphatic carbocycles. The minimum atomic E-state index is -0.946. The number of fused-ring (bicyclic) bond motifs is 1. The number of carbonyl (C=O) groups excluding carboxylic acids is 2. The lowest BCUT2D eigenvalue weighted by atomic mass is 10.0. The molecule has 0 fully saturated rings. The Kier molecular flexibility index (Phi) is 5.88. The monoisotopic (exact) mass is 388 g/mol. The molecule has 28 heavy (non-hydrogen) atoms. The van der Waals surface area contributed by atoms with Gasteiger partial charge in [-0.15, -0.1) is 0 Å². The van der Waals surface area contributed by atoms with E-state index in [2.05, 4.69) is 10.3 Å². The third kappa shape index (κ3) is 4.46. The molecule has 1 atom stereocenters. The van der Waals surface area contributed by atoms with Crippen molar-refractivity contribution in [2.45, 2.75) is 12.5 Å². The zero-order valence-corrected chi connectivity index (χ0v) is 15.0. The van der Waals surface area contributed by atoms with Crippen LogP contribution in [0.3, 0.4) is 0 Å². The molecule has 0 saturated heterocycles. The van der Waals surface area contributed by atoms with Gasteiger partial charge in [0.05, 0.1) is 7.11 Å². The molecule has 0 saturated carbocycles. The molecule has 0 radical (unpaired) electrons. The molecule has 1 heterocycles. The van der Waals surface area contributed by atoms with E-state index in [0.717, 1.165) is 28.6 Å². The van der Waals surface area contributed by atoms with E-state index < -0.39 is 36.2 Å². The molecule has 0 spiro atoms. The molecule has 0 aliphatic heterocycles. The summed E-state index contributed by atoms with van der Waals surface area (Å²) >= 11 is 0. The molecule has 6 nitrogen and oxygen atoms in total. The first-order valence-corrected chi connectivity index (χ1v) is 8.48. The van der Waals surface area contributed by atoms with Crippen LogP contribution in [0.4, 0.5) is 8.78 Å². The summed E-state index contributed by atoms with van der Waals surface area (Å²) in [5, 5.41) is 3.45.